The molecule has 4 aromatic rings. The summed E-state index contributed by atoms with van der Waals surface area (Å²) in [4.78, 5) is 18.4. The molecule has 3 aromatic heterocycles. The number of aromatic nitrogens is 4. The van der Waals surface area contributed by atoms with Gasteiger partial charge in [0.25, 0.3) is 0 Å². The lowest BCUT2D eigenvalue weighted by molar-refractivity contribution is 0.278. The van der Waals surface area contributed by atoms with Crippen LogP contribution < -0.4 is 25.9 Å². The van der Waals surface area contributed by atoms with Crippen molar-refractivity contribution in [3.8, 4) is 33.6 Å². The number of fused-ring (bicyclic) bond motifs is 1. The van der Waals surface area contributed by atoms with Gasteiger partial charge in [-0.2, -0.15) is 9.97 Å². The van der Waals surface area contributed by atoms with E-state index in [-0.39, 0.29) is 19.9 Å². The second-order valence-electron chi connectivity index (χ2n) is 6.88. The molecular formula is C21H20FN7O2S. The highest BCUT2D eigenvalue weighted by Gasteiger charge is 2.18. The molecule has 32 heavy (non-hydrogen) atoms. The van der Waals surface area contributed by atoms with E-state index >= 15 is 0 Å². The van der Waals surface area contributed by atoms with Gasteiger partial charge < -0.3 is 14.9 Å². The van der Waals surface area contributed by atoms with Crippen LogP contribution in [0.1, 0.15) is 12.1 Å². The lowest BCUT2D eigenvalue weighted by Crippen LogP contribution is -2.19. The van der Waals surface area contributed by atoms with E-state index < -0.39 is 0 Å². The van der Waals surface area contributed by atoms with Gasteiger partial charge in [0.15, 0.2) is 11.6 Å². The van der Waals surface area contributed by atoms with Crippen LogP contribution in [0.4, 0.5) is 15.8 Å². The Morgan fingerprint density at radius 2 is 1.91 bits per heavy atom. The van der Waals surface area contributed by atoms with E-state index in [4.69, 9.17) is 14.5 Å². The van der Waals surface area contributed by atoms with Gasteiger partial charge in [0.2, 0.25) is 0 Å². The summed E-state index contributed by atoms with van der Waals surface area (Å²) in [5.41, 5.74) is 12.2. The molecule has 0 bridgehead atoms. The average Bonchev–Trinajstić information content (AvgIpc) is 3.45. The molecule has 4 heterocycles. The van der Waals surface area contributed by atoms with Gasteiger partial charge in [-0.1, -0.05) is 6.07 Å². The largest absolute Gasteiger partial charge is 0.494 e. The smallest absolute Gasteiger partial charge is 0.316 e. The van der Waals surface area contributed by atoms with E-state index in [9.17, 15) is 4.39 Å². The van der Waals surface area contributed by atoms with Crippen molar-refractivity contribution in [2.24, 2.45) is 0 Å². The third kappa shape index (κ3) is 3.90. The first-order chi connectivity index (χ1) is 15.6. The number of halogens is 1. The van der Waals surface area contributed by atoms with Gasteiger partial charge in [-0.3, -0.25) is 5.43 Å². The minimum absolute atomic E-state index is 0. The zero-order valence-electron chi connectivity index (χ0n) is 17.1. The quantitative estimate of drug-likeness (QED) is 0.396. The first-order valence-electron chi connectivity index (χ1n) is 9.64. The van der Waals surface area contributed by atoms with Gasteiger partial charge in [0.1, 0.15) is 17.3 Å². The molecule has 0 fully saturated rings. The summed E-state index contributed by atoms with van der Waals surface area (Å²) < 4.78 is 25.1. The summed E-state index contributed by atoms with van der Waals surface area (Å²) in [6.45, 7) is 2.16. The van der Waals surface area contributed by atoms with Crippen molar-refractivity contribution in [3.63, 3.8) is 0 Å². The Balaban J connectivity index is 0.00000259. The fourth-order valence-corrected chi connectivity index (χ4v) is 4.17. The van der Waals surface area contributed by atoms with Crippen LogP contribution in [-0.2, 0) is 6.61 Å². The van der Waals surface area contributed by atoms with Crippen LogP contribution in [0.5, 0.6) is 11.8 Å². The monoisotopic (exact) mass is 453 g/mol. The summed E-state index contributed by atoms with van der Waals surface area (Å²) in [5, 5.41) is 0.772. The van der Waals surface area contributed by atoms with Gasteiger partial charge in [0, 0.05) is 6.99 Å². The Labute approximate surface area is 188 Å². The molecule has 0 amide bonds. The first-order valence-corrected chi connectivity index (χ1v) is 10.5. The van der Waals surface area contributed by atoms with Crippen molar-refractivity contribution in [1.29, 1.82) is 0 Å². The SMILES string of the molecule is COc1cnc(OCc2nc(C)c(-c3cccc(-c4cc(F)c5c(c4)NNN5)n3)s2)nc1.[HH]. The predicted octanol–water partition coefficient (Wildman–Crippen LogP) is 4.20. The van der Waals surface area contributed by atoms with Gasteiger partial charge in [0.05, 0.1) is 47.1 Å². The van der Waals surface area contributed by atoms with Crippen LogP contribution in [0.3, 0.4) is 0 Å². The molecule has 0 unspecified atom stereocenters. The molecule has 0 radical (unpaired) electrons. The van der Waals surface area contributed by atoms with Crippen LogP contribution in [-0.4, -0.2) is 27.0 Å². The second kappa shape index (κ2) is 8.36. The van der Waals surface area contributed by atoms with Crippen molar-refractivity contribution >= 4 is 22.7 Å². The number of hydrogen-bond acceptors (Lipinski definition) is 10. The maximum atomic E-state index is 14.4. The minimum Gasteiger partial charge on any atom is -0.494 e. The normalized spacial score (nSPS) is 12.1. The summed E-state index contributed by atoms with van der Waals surface area (Å²) in [6.07, 6.45) is 3.08. The maximum Gasteiger partial charge on any atom is 0.316 e. The molecule has 1 aliphatic heterocycles. The lowest BCUT2D eigenvalue weighted by Gasteiger charge is -2.07. The number of nitrogens with one attached hydrogen (secondary N) is 3. The van der Waals surface area contributed by atoms with Crippen molar-refractivity contribution in [3.05, 3.63) is 59.2 Å². The highest BCUT2D eigenvalue weighted by atomic mass is 32.1. The number of aryl methyl sites for hydroxylation is 1. The molecule has 0 saturated heterocycles. The van der Waals surface area contributed by atoms with Crippen LogP contribution in [0.25, 0.3) is 21.8 Å². The van der Waals surface area contributed by atoms with Crippen LogP contribution in [0, 0.1) is 12.7 Å². The second-order valence-corrected chi connectivity index (χ2v) is 7.96. The van der Waals surface area contributed by atoms with E-state index in [2.05, 4.69) is 31.3 Å². The summed E-state index contributed by atoms with van der Waals surface area (Å²) in [7, 11) is 1.55. The summed E-state index contributed by atoms with van der Waals surface area (Å²) >= 11 is 1.48. The third-order valence-electron chi connectivity index (χ3n) is 4.76. The van der Waals surface area contributed by atoms with Crippen molar-refractivity contribution in [2.75, 3.05) is 18.0 Å². The number of hydrogen-bond donors (Lipinski definition) is 3. The zero-order chi connectivity index (χ0) is 22.1. The number of nitrogens with zero attached hydrogens (tertiary/aromatic N) is 4. The number of ether oxygens (including phenoxy) is 2. The van der Waals surface area contributed by atoms with Crippen LogP contribution >= 0.6 is 11.3 Å². The van der Waals surface area contributed by atoms with E-state index in [1.54, 1.807) is 19.5 Å². The number of rotatable bonds is 6. The van der Waals surface area contributed by atoms with E-state index in [0.717, 1.165) is 21.3 Å². The first kappa shape index (κ1) is 20.1. The predicted molar refractivity (Wildman–Crippen MR) is 121 cm³/mol. The van der Waals surface area contributed by atoms with Crippen molar-refractivity contribution in [1.82, 2.24) is 25.5 Å². The van der Waals surface area contributed by atoms with Gasteiger partial charge >= 0.3 is 6.01 Å². The number of benzene rings is 1. The molecule has 0 atom stereocenters. The van der Waals surface area contributed by atoms with Crippen LogP contribution in [0.15, 0.2) is 42.7 Å². The van der Waals surface area contributed by atoms with Crippen LogP contribution in [0.2, 0.25) is 0 Å². The highest BCUT2D eigenvalue weighted by molar-refractivity contribution is 7.15. The summed E-state index contributed by atoms with van der Waals surface area (Å²) in [6, 6.07) is 9.20. The van der Waals surface area contributed by atoms with Gasteiger partial charge in [-0.25, -0.2) is 14.4 Å². The molecule has 1 aliphatic rings. The third-order valence-corrected chi connectivity index (χ3v) is 5.91. The molecular weight excluding hydrogens is 433 g/mol. The van der Waals surface area contributed by atoms with E-state index in [1.165, 1.54) is 17.4 Å². The Hall–Kier alpha value is -3.83. The fourth-order valence-electron chi connectivity index (χ4n) is 3.23. The number of thiazole rings is 1. The van der Waals surface area contributed by atoms with Gasteiger partial charge in [-0.15, -0.1) is 16.9 Å². The van der Waals surface area contributed by atoms with E-state index in [1.807, 2.05) is 31.2 Å². The Morgan fingerprint density at radius 3 is 2.72 bits per heavy atom. The molecule has 3 N–H and O–H groups in total. The fraction of sp³-hybridized carbons (Fsp3) is 0.143. The number of pyridine rings is 1. The molecule has 0 aliphatic carbocycles. The number of anilines is 2. The van der Waals surface area contributed by atoms with Crippen molar-refractivity contribution in [2.45, 2.75) is 13.5 Å². The average molecular weight is 454 g/mol. The topological polar surface area (TPSA) is 106 Å². The standard InChI is InChI=1S/C21H18FN7O2S.H2/c1-11-20(32-18(25-11)10-31-21-23-8-13(30-2)9-24-21)16-5-3-4-15(26-16)12-6-14(22)19-17(7-12)27-29-28-19;/h3-9,27-29H,10H2,1-2H3;1H. The van der Waals surface area contributed by atoms with Gasteiger partial charge in [-0.05, 0) is 31.2 Å². The molecule has 1 aromatic carbocycles. The summed E-state index contributed by atoms with van der Waals surface area (Å²) in [5.74, 6) is 0.193. The minimum atomic E-state index is -0.364. The molecule has 0 spiro atoms. The Kier molecular flexibility index (Phi) is 5.25. The van der Waals surface area contributed by atoms with E-state index in [0.29, 0.717) is 28.4 Å². The van der Waals surface area contributed by atoms with Crippen molar-refractivity contribution < 1.29 is 15.3 Å². The Bertz CT molecular complexity index is 1290. The maximum absolute atomic E-state index is 14.4. The number of methoxy groups -OCH3 is 1. The molecule has 5 rings (SSSR count). The molecule has 11 heteroatoms. The zero-order valence-corrected chi connectivity index (χ0v) is 18.0. The molecule has 164 valence electrons. The molecule has 9 nitrogen and oxygen atoms in total. The molecule has 0 saturated carbocycles. The highest BCUT2D eigenvalue weighted by Crippen LogP contribution is 2.35. The number of hydrazine groups is 2. The lowest BCUT2D eigenvalue weighted by atomic mass is 10.1. The Morgan fingerprint density at radius 1 is 1.09 bits per heavy atom.